The number of fused-ring (bicyclic) bond motifs is 2. The first-order valence-electron chi connectivity index (χ1n) is 13.1. The van der Waals surface area contributed by atoms with Crippen molar-refractivity contribution in [1.82, 2.24) is 14.9 Å². The summed E-state index contributed by atoms with van der Waals surface area (Å²) >= 11 is 1.66. The highest BCUT2D eigenvalue weighted by Gasteiger charge is 2.21. The van der Waals surface area contributed by atoms with Crippen LogP contribution >= 0.6 is 11.8 Å². The molecule has 2 aromatic carbocycles. The van der Waals surface area contributed by atoms with E-state index in [9.17, 15) is 9.00 Å². The molecule has 4 aromatic rings. The number of aromatic nitrogens is 2. The zero-order valence-corrected chi connectivity index (χ0v) is 23.6. The van der Waals surface area contributed by atoms with E-state index in [0.717, 1.165) is 69.1 Å². The zero-order chi connectivity index (χ0) is 27.2. The number of benzene rings is 2. The van der Waals surface area contributed by atoms with Crippen molar-refractivity contribution in [3.8, 4) is 11.1 Å². The van der Waals surface area contributed by atoms with Crippen molar-refractivity contribution in [2.75, 3.05) is 35.2 Å². The van der Waals surface area contributed by atoms with Crippen LogP contribution in [0.5, 0.6) is 0 Å². The fraction of sp³-hybridized carbons (Fsp3) is 0.233. The smallest absolute Gasteiger partial charge is 0.255 e. The summed E-state index contributed by atoms with van der Waals surface area (Å²) in [5.74, 6) is 2.11. The van der Waals surface area contributed by atoms with Crippen LogP contribution in [-0.2, 0) is 17.3 Å². The number of rotatable bonds is 5. The van der Waals surface area contributed by atoms with Crippen molar-refractivity contribution in [3.05, 3.63) is 90.4 Å². The molecule has 4 heterocycles. The van der Waals surface area contributed by atoms with Crippen LogP contribution in [0.4, 0.5) is 17.2 Å². The molecule has 1 amide bonds. The Bertz CT molecular complexity index is 1470. The number of amides is 1. The average molecular weight is 558 g/mol. The van der Waals surface area contributed by atoms with E-state index in [2.05, 4.69) is 25.5 Å². The van der Waals surface area contributed by atoms with Crippen LogP contribution in [0.3, 0.4) is 0 Å². The minimum atomic E-state index is -0.676. The molecule has 7 nitrogen and oxygen atoms in total. The summed E-state index contributed by atoms with van der Waals surface area (Å²) in [5, 5.41) is 6.44. The summed E-state index contributed by atoms with van der Waals surface area (Å²) in [6, 6.07) is 19.6. The number of carbonyl (C=O) groups excluding carboxylic acids is 1. The highest BCUT2D eigenvalue weighted by molar-refractivity contribution is 8.00. The monoisotopic (exact) mass is 557 g/mol. The normalized spacial score (nSPS) is 14.7. The molecule has 0 saturated carbocycles. The minimum absolute atomic E-state index is 0.152. The molecule has 6 rings (SSSR count). The number of pyridine rings is 2. The van der Waals surface area contributed by atoms with Gasteiger partial charge in [0.25, 0.3) is 5.91 Å². The Kier molecular flexibility index (Phi) is 8.71. The molecule has 0 bridgehead atoms. The molecule has 2 aromatic heterocycles. The summed E-state index contributed by atoms with van der Waals surface area (Å²) in [6.07, 6.45) is 5.41. The number of anilines is 3. The SMILES string of the molecule is CC.O=C(Nc1ccc2c(c1)Nc1nccc(-c3cccnc3)c1S2)c1ccc(CN2CCS(=O)CC2)cc1. The second kappa shape index (κ2) is 12.5. The van der Waals surface area contributed by atoms with Crippen LogP contribution in [0.15, 0.2) is 89.0 Å². The Morgan fingerprint density at radius 3 is 2.59 bits per heavy atom. The van der Waals surface area contributed by atoms with Gasteiger partial charge < -0.3 is 10.6 Å². The molecule has 1 fully saturated rings. The van der Waals surface area contributed by atoms with E-state index >= 15 is 0 Å². The standard InChI is InChI=1S/C28H25N5O2S2.C2H6/c34-28(20-5-3-19(4-6-20)18-33-12-14-37(35)15-13-33)31-22-7-8-25-24(16-22)32-27-26(36-25)23(9-11-30-27)21-2-1-10-29-17-21;1-2/h1-11,16-17H,12-15,18H2,(H,30,32)(H,31,34);1-2H3. The Morgan fingerprint density at radius 1 is 1.05 bits per heavy atom. The summed E-state index contributed by atoms with van der Waals surface area (Å²) in [6.45, 7) is 6.51. The van der Waals surface area contributed by atoms with Gasteiger partial charge in [0.1, 0.15) is 5.82 Å². The molecule has 0 aliphatic carbocycles. The lowest BCUT2D eigenvalue weighted by Gasteiger charge is -2.26. The number of carbonyl (C=O) groups is 1. The van der Waals surface area contributed by atoms with Gasteiger partial charge >= 0.3 is 0 Å². The van der Waals surface area contributed by atoms with Gasteiger partial charge in [-0.25, -0.2) is 4.98 Å². The number of hydrogen-bond acceptors (Lipinski definition) is 7. The maximum Gasteiger partial charge on any atom is 0.255 e. The Morgan fingerprint density at radius 2 is 1.85 bits per heavy atom. The minimum Gasteiger partial charge on any atom is -0.338 e. The highest BCUT2D eigenvalue weighted by Crippen LogP contribution is 2.47. The van der Waals surface area contributed by atoms with Gasteiger partial charge in [0.2, 0.25) is 0 Å². The van der Waals surface area contributed by atoms with Crippen LogP contribution in [0.2, 0.25) is 0 Å². The van der Waals surface area contributed by atoms with Crippen LogP contribution in [-0.4, -0.2) is 49.6 Å². The third-order valence-corrected chi connectivity index (χ3v) is 8.94. The second-order valence-corrected chi connectivity index (χ2v) is 11.7. The average Bonchev–Trinajstić information content (AvgIpc) is 2.99. The topological polar surface area (TPSA) is 87.2 Å². The number of nitrogens with zero attached hydrogens (tertiary/aromatic N) is 3. The fourth-order valence-electron chi connectivity index (χ4n) is 4.48. The van der Waals surface area contributed by atoms with Crippen molar-refractivity contribution in [3.63, 3.8) is 0 Å². The zero-order valence-electron chi connectivity index (χ0n) is 22.0. The third kappa shape index (κ3) is 6.38. The van der Waals surface area contributed by atoms with Crippen LogP contribution < -0.4 is 10.6 Å². The van der Waals surface area contributed by atoms with Gasteiger partial charge in [-0.1, -0.05) is 43.8 Å². The van der Waals surface area contributed by atoms with Crippen LogP contribution in [0.25, 0.3) is 11.1 Å². The molecule has 39 heavy (non-hydrogen) atoms. The first-order chi connectivity index (χ1) is 19.1. The van der Waals surface area contributed by atoms with Crippen molar-refractivity contribution in [2.24, 2.45) is 0 Å². The van der Waals surface area contributed by atoms with E-state index < -0.39 is 10.8 Å². The van der Waals surface area contributed by atoms with E-state index in [1.165, 1.54) is 0 Å². The van der Waals surface area contributed by atoms with E-state index in [-0.39, 0.29) is 5.91 Å². The molecule has 2 aliphatic heterocycles. The van der Waals surface area contributed by atoms with E-state index in [0.29, 0.717) is 11.3 Å². The Labute approximate surface area is 235 Å². The van der Waals surface area contributed by atoms with E-state index in [4.69, 9.17) is 0 Å². The number of hydrogen-bond donors (Lipinski definition) is 2. The first-order valence-corrected chi connectivity index (χ1v) is 15.4. The molecule has 0 spiro atoms. The van der Waals surface area contributed by atoms with Gasteiger partial charge in [0.05, 0.1) is 10.6 Å². The Balaban J connectivity index is 0.00000151. The summed E-state index contributed by atoms with van der Waals surface area (Å²) < 4.78 is 11.6. The van der Waals surface area contributed by atoms with Crippen LogP contribution in [0.1, 0.15) is 29.8 Å². The lowest BCUT2D eigenvalue weighted by molar-refractivity contribution is 0.102. The van der Waals surface area contributed by atoms with Crippen LogP contribution in [0, 0.1) is 0 Å². The molecule has 9 heteroatoms. The maximum absolute atomic E-state index is 12.9. The molecule has 1 saturated heterocycles. The first kappa shape index (κ1) is 27.1. The fourth-order valence-corrected chi connectivity index (χ4v) is 6.68. The molecule has 0 radical (unpaired) electrons. The highest BCUT2D eigenvalue weighted by atomic mass is 32.2. The molecular formula is C30H31N5O2S2. The molecule has 0 unspecified atom stereocenters. The predicted molar refractivity (Wildman–Crippen MR) is 160 cm³/mol. The maximum atomic E-state index is 12.9. The largest absolute Gasteiger partial charge is 0.338 e. The van der Waals surface area contributed by atoms with Gasteiger partial charge in [-0.3, -0.25) is 18.9 Å². The second-order valence-electron chi connectivity index (χ2n) is 8.99. The molecular weight excluding hydrogens is 526 g/mol. The molecule has 2 aliphatic rings. The van der Waals surface area contributed by atoms with Gasteiger partial charge in [-0.05, 0) is 48.0 Å². The van der Waals surface area contributed by atoms with Gasteiger partial charge in [-0.15, -0.1) is 0 Å². The predicted octanol–water partition coefficient (Wildman–Crippen LogP) is 6.19. The van der Waals surface area contributed by atoms with Gasteiger partial charge in [0, 0.05) is 87.8 Å². The van der Waals surface area contributed by atoms with Gasteiger partial charge in [-0.2, -0.15) is 0 Å². The van der Waals surface area contributed by atoms with Crippen molar-refractivity contribution in [2.45, 2.75) is 30.2 Å². The molecule has 200 valence electrons. The van der Waals surface area contributed by atoms with E-state index in [1.54, 1.807) is 24.2 Å². The van der Waals surface area contributed by atoms with E-state index in [1.807, 2.05) is 80.7 Å². The number of nitrogens with one attached hydrogen (secondary N) is 2. The molecule has 0 atom stereocenters. The lowest BCUT2D eigenvalue weighted by atomic mass is 10.1. The summed E-state index contributed by atoms with van der Waals surface area (Å²) in [5.41, 5.74) is 5.50. The van der Waals surface area contributed by atoms with Crippen molar-refractivity contribution in [1.29, 1.82) is 0 Å². The Hall–Kier alpha value is -3.53. The quantitative estimate of drug-likeness (QED) is 0.266. The van der Waals surface area contributed by atoms with Crippen molar-refractivity contribution >= 4 is 45.7 Å². The molecule has 2 N–H and O–H groups in total. The van der Waals surface area contributed by atoms with Gasteiger partial charge in [0.15, 0.2) is 0 Å². The summed E-state index contributed by atoms with van der Waals surface area (Å²) in [7, 11) is -0.676. The van der Waals surface area contributed by atoms with Crippen molar-refractivity contribution < 1.29 is 9.00 Å². The summed E-state index contributed by atoms with van der Waals surface area (Å²) in [4.78, 5) is 26.1. The lowest BCUT2D eigenvalue weighted by Crippen LogP contribution is -2.37. The third-order valence-electron chi connectivity index (χ3n) is 6.47.